The van der Waals surface area contributed by atoms with Crippen LogP contribution in [0, 0.1) is 5.41 Å². The maximum absolute atomic E-state index is 11.8. The highest BCUT2D eigenvalue weighted by atomic mass is 16.1. The van der Waals surface area contributed by atoms with Crippen LogP contribution in [0.1, 0.15) is 44.2 Å². The summed E-state index contributed by atoms with van der Waals surface area (Å²) < 4.78 is 0. The van der Waals surface area contributed by atoms with Crippen molar-refractivity contribution in [3.8, 4) is 0 Å². The maximum Gasteiger partial charge on any atom is 0.220 e. The van der Waals surface area contributed by atoms with Crippen LogP contribution < -0.4 is 10.6 Å². The van der Waals surface area contributed by atoms with Gasteiger partial charge in [0.25, 0.3) is 0 Å². The van der Waals surface area contributed by atoms with Gasteiger partial charge in [-0.15, -0.1) is 0 Å². The Labute approximate surface area is 173 Å². The Balaban J connectivity index is 1.46. The molecule has 3 N–H and O–H groups in total. The number of fused-ring (bicyclic) bond motifs is 1. The van der Waals surface area contributed by atoms with Gasteiger partial charge in [0, 0.05) is 61.7 Å². The number of H-pyrrole nitrogens is 1. The lowest BCUT2D eigenvalue weighted by atomic mass is 9.79. The number of benzene rings is 1. The number of para-hydroxylation sites is 1. The zero-order valence-electron chi connectivity index (χ0n) is 17.7. The van der Waals surface area contributed by atoms with Crippen LogP contribution in [0.2, 0.25) is 0 Å². The van der Waals surface area contributed by atoms with Gasteiger partial charge >= 0.3 is 0 Å². The third-order valence-electron chi connectivity index (χ3n) is 6.40. The van der Waals surface area contributed by atoms with Gasteiger partial charge in [-0.05, 0) is 43.7 Å². The SMILES string of the molecule is CCNC(=NCCc1c[nH]c2c(CC)cccc12)N1CCCC2(CNC(=O)C2)C1. The molecule has 2 aromatic rings. The molecule has 29 heavy (non-hydrogen) atoms. The summed E-state index contributed by atoms with van der Waals surface area (Å²) in [6.45, 7) is 8.64. The maximum atomic E-state index is 11.8. The number of carbonyl (C=O) groups excluding carboxylic acids is 1. The minimum Gasteiger partial charge on any atom is -0.361 e. The summed E-state index contributed by atoms with van der Waals surface area (Å²) in [5, 5.41) is 7.82. The molecule has 4 rings (SSSR count). The summed E-state index contributed by atoms with van der Waals surface area (Å²) in [6, 6.07) is 6.54. The molecule has 1 atom stereocenters. The minimum atomic E-state index is 0.0823. The summed E-state index contributed by atoms with van der Waals surface area (Å²) in [5.74, 6) is 1.18. The van der Waals surface area contributed by atoms with Gasteiger partial charge in [-0.2, -0.15) is 0 Å². The number of aryl methyl sites for hydroxylation is 1. The highest BCUT2D eigenvalue weighted by Crippen LogP contribution is 2.36. The van der Waals surface area contributed by atoms with Gasteiger partial charge in [0.2, 0.25) is 5.91 Å². The highest BCUT2D eigenvalue weighted by Gasteiger charge is 2.42. The number of likely N-dealkylation sites (tertiary alicyclic amines) is 1. The predicted octanol–water partition coefficient (Wildman–Crippen LogP) is 2.84. The first kappa shape index (κ1) is 19.8. The Bertz CT molecular complexity index is 902. The topological polar surface area (TPSA) is 72.5 Å². The van der Waals surface area contributed by atoms with Crippen LogP contribution in [-0.4, -0.2) is 54.5 Å². The van der Waals surface area contributed by atoms with Crippen LogP contribution >= 0.6 is 0 Å². The van der Waals surface area contributed by atoms with E-state index in [1.807, 2.05) is 0 Å². The molecule has 6 heteroatoms. The van der Waals surface area contributed by atoms with Crippen molar-refractivity contribution in [1.29, 1.82) is 0 Å². The smallest absolute Gasteiger partial charge is 0.220 e. The van der Waals surface area contributed by atoms with Crippen molar-refractivity contribution < 1.29 is 4.79 Å². The van der Waals surface area contributed by atoms with E-state index >= 15 is 0 Å². The molecule has 1 aromatic carbocycles. The number of aromatic nitrogens is 1. The second-order valence-electron chi connectivity index (χ2n) is 8.47. The van der Waals surface area contributed by atoms with Crippen LogP contribution in [-0.2, 0) is 17.6 Å². The molecular weight excluding hydrogens is 362 g/mol. The molecular formula is C23H33N5O. The van der Waals surface area contributed by atoms with Crippen LogP contribution in [0.25, 0.3) is 10.9 Å². The molecule has 2 fully saturated rings. The van der Waals surface area contributed by atoms with E-state index < -0.39 is 0 Å². The largest absolute Gasteiger partial charge is 0.361 e. The van der Waals surface area contributed by atoms with Crippen molar-refractivity contribution in [2.75, 3.05) is 32.7 Å². The number of aliphatic imine (C=N–C) groups is 1. The van der Waals surface area contributed by atoms with Crippen molar-refractivity contribution in [1.82, 2.24) is 20.5 Å². The Morgan fingerprint density at radius 3 is 2.97 bits per heavy atom. The molecule has 3 heterocycles. The quantitative estimate of drug-likeness (QED) is 0.538. The standard InChI is InChI=1S/C23H33N5O/c1-3-17-7-5-8-19-18(14-26-21(17)19)9-11-25-22(24-4-2)28-12-6-10-23(16-28)13-20(29)27-15-23/h5,7-8,14,26H,3-4,6,9-13,15-16H2,1-2H3,(H,24,25)(H,27,29). The van der Waals surface area contributed by atoms with E-state index in [-0.39, 0.29) is 11.3 Å². The lowest BCUT2D eigenvalue weighted by Gasteiger charge is -2.40. The average Bonchev–Trinajstić information content (AvgIpc) is 3.30. The molecule has 1 unspecified atom stereocenters. The molecule has 6 nitrogen and oxygen atoms in total. The lowest BCUT2D eigenvalue weighted by Crippen LogP contribution is -2.51. The number of piperidine rings is 1. The average molecular weight is 396 g/mol. The van der Waals surface area contributed by atoms with Gasteiger partial charge in [0.15, 0.2) is 5.96 Å². The molecule has 2 aliphatic rings. The Hall–Kier alpha value is -2.50. The number of hydrogen-bond donors (Lipinski definition) is 3. The summed E-state index contributed by atoms with van der Waals surface area (Å²) in [6.07, 6.45) is 6.98. The molecule has 2 aliphatic heterocycles. The van der Waals surface area contributed by atoms with Gasteiger partial charge in [0.05, 0.1) is 0 Å². The zero-order chi connectivity index (χ0) is 20.3. The van der Waals surface area contributed by atoms with Gasteiger partial charge in [0.1, 0.15) is 0 Å². The lowest BCUT2D eigenvalue weighted by molar-refractivity contribution is -0.119. The Kier molecular flexibility index (Phi) is 5.79. The Morgan fingerprint density at radius 2 is 2.21 bits per heavy atom. The number of guanidine groups is 1. The van der Waals surface area contributed by atoms with Crippen molar-refractivity contribution in [2.45, 2.75) is 46.0 Å². The van der Waals surface area contributed by atoms with E-state index in [4.69, 9.17) is 4.99 Å². The normalized spacial score (nSPS) is 22.5. The Morgan fingerprint density at radius 1 is 1.31 bits per heavy atom. The van der Waals surface area contributed by atoms with Gasteiger partial charge < -0.3 is 20.5 Å². The summed E-state index contributed by atoms with van der Waals surface area (Å²) >= 11 is 0. The van der Waals surface area contributed by atoms with E-state index in [9.17, 15) is 4.79 Å². The van der Waals surface area contributed by atoms with E-state index in [0.29, 0.717) is 6.42 Å². The predicted molar refractivity (Wildman–Crippen MR) is 118 cm³/mol. The first-order chi connectivity index (χ1) is 14.1. The molecule has 1 amide bonds. The molecule has 1 aromatic heterocycles. The number of nitrogens with zero attached hydrogens (tertiary/aromatic N) is 2. The third kappa shape index (κ3) is 4.11. The second kappa shape index (κ2) is 8.47. The highest BCUT2D eigenvalue weighted by molar-refractivity contribution is 5.86. The first-order valence-corrected chi connectivity index (χ1v) is 11.0. The van der Waals surface area contributed by atoms with Crippen LogP contribution in [0.4, 0.5) is 0 Å². The van der Waals surface area contributed by atoms with E-state index in [1.54, 1.807) is 0 Å². The van der Waals surface area contributed by atoms with Gasteiger partial charge in [-0.25, -0.2) is 0 Å². The number of amides is 1. The number of carbonyl (C=O) groups is 1. The summed E-state index contributed by atoms with van der Waals surface area (Å²) in [4.78, 5) is 22.6. The molecule has 0 bridgehead atoms. The number of rotatable bonds is 5. The monoisotopic (exact) mass is 395 g/mol. The molecule has 0 aliphatic carbocycles. The van der Waals surface area contributed by atoms with Gasteiger partial charge in [-0.1, -0.05) is 25.1 Å². The fourth-order valence-electron chi connectivity index (χ4n) is 4.91. The fraction of sp³-hybridized carbons (Fsp3) is 0.565. The number of hydrogen-bond acceptors (Lipinski definition) is 2. The molecule has 1 spiro atoms. The van der Waals surface area contributed by atoms with Gasteiger partial charge in [-0.3, -0.25) is 9.79 Å². The number of nitrogens with one attached hydrogen (secondary N) is 3. The van der Waals surface area contributed by atoms with E-state index in [0.717, 1.165) is 64.4 Å². The number of aromatic amines is 1. The second-order valence-corrected chi connectivity index (χ2v) is 8.47. The minimum absolute atomic E-state index is 0.0823. The molecule has 0 saturated carbocycles. The van der Waals surface area contributed by atoms with Crippen LogP contribution in [0.5, 0.6) is 0 Å². The third-order valence-corrected chi connectivity index (χ3v) is 6.40. The molecule has 0 radical (unpaired) electrons. The van der Waals surface area contributed by atoms with E-state index in [1.165, 1.54) is 22.0 Å². The van der Waals surface area contributed by atoms with Crippen molar-refractivity contribution >= 4 is 22.8 Å². The zero-order valence-corrected chi connectivity index (χ0v) is 17.7. The summed E-state index contributed by atoms with van der Waals surface area (Å²) in [5.41, 5.74) is 4.04. The van der Waals surface area contributed by atoms with Crippen LogP contribution in [0.3, 0.4) is 0 Å². The molecule has 2 saturated heterocycles. The first-order valence-electron chi connectivity index (χ1n) is 11.0. The van der Waals surface area contributed by atoms with E-state index in [2.05, 4.69) is 58.8 Å². The van der Waals surface area contributed by atoms with Crippen molar-refractivity contribution in [2.24, 2.45) is 10.4 Å². The molecule has 156 valence electrons. The summed E-state index contributed by atoms with van der Waals surface area (Å²) in [7, 11) is 0. The van der Waals surface area contributed by atoms with Crippen LogP contribution in [0.15, 0.2) is 29.4 Å². The fourth-order valence-corrected chi connectivity index (χ4v) is 4.91. The van der Waals surface area contributed by atoms with Crippen molar-refractivity contribution in [3.63, 3.8) is 0 Å². The van der Waals surface area contributed by atoms with Crippen molar-refractivity contribution in [3.05, 3.63) is 35.5 Å².